The van der Waals surface area contributed by atoms with Crippen LogP contribution in [-0.4, -0.2) is 49.7 Å². The number of aromatic nitrogens is 1. The van der Waals surface area contributed by atoms with Crippen molar-refractivity contribution in [2.75, 3.05) is 33.9 Å². The SMILES string of the molecule is CN(C)C(=O)c1ccnc(OCC2CCOCC2)c1. The predicted octanol–water partition coefficient (Wildman–Crippen LogP) is 1.59. The number of carbonyl (C=O) groups excluding carboxylic acids is 1. The average molecular weight is 264 g/mol. The molecule has 1 aliphatic heterocycles. The molecule has 1 aliphatic rings. The summed E-state index contributed by atoms with van der Waals surface area (Å²) in [6, 6.07) is 3.39. The Hall–Kier alpha value is -1.62. The number of hydrogen-bond acceptors (Lipinski definition) is 4. The Morgan fingerprint density at radius 2 is 2.21 bits per heavy atom. The van der Waals surface area contributed by atoms with E-state index in [4.69, 9.17) is 9.47 Å². The van der Waals surface area contributed by atoms with Crippen molar-refractivity contribution in [2.24, 2.45) is 5.92 Å². The molecular weight excluding hydrogens is 244 g/mol. The molecule has 0 aromatic carbocycles. The molecule has 0 unspecified atom stereocenters. The first-order valence-corrected chi connectivity index (χ1v) is 6.55. The van der Waals surface area contributed by atoms with E-state index < -0.39 is 0 Å². The standard InChI is InChI=1S/C14H20N2O3/c1-16(2)14(17)12-3-6-15-13(9-12)19-10-11-4-7-18-8-5-11/h3,6,9,11H,4-5,7-8,10H2,1-2H3. The van der Waals surface area contributed by atoms with Gasteiger partial charge in [0, 0.05) is 45.1 Å². The largest absolute Gasteiger partial charge is 0.477 e. The van der Waals surface area contributed by atoms with Gasteiger partial charge >= 0.3 is 0 Å². The van der Waals surface area contributed by atoms with Crippen LogP contribution in [0.3, 0.4) is 0 Å². The minimum atomic E-state index is -0.0432. The van der Waals surface area contributed by atoms with Crippen LogP contribution in [0.15, 0.2) is 18.3 Å². The van der Waals surface area contributed by atoms with Crippen molar-refractivity contribution in [3.63, 3.8) is 0 Å². The van der Waals surface area contributed by atoms with Crippen LogP contribution in [0.4, 0.5) is 0 Å². The van der Waals surface area contributed by atoms with Gasteiger partial charge < -0.3 is 14.4 Å². The van der Waals surface area contributed by atoms with Gasteiger partial charge in [0.1, 0.15) is 0 Å². The Morgan fingerprint density at radius 1 is 1.47 bits per heavy atom. The first kappa shape index (κ1) is 13.8. The lowest BCUT2D eigenvalue weighted by Gasteiger charge is -2.21. The predicted molar refractivity (Wildman–Crippen MR) is 71.3 cm³/mol. The van der Waals surface area contributed by atoms with Crippen molar-refractivity contribution in [2.45, 2.75) is 12.8 Å². The normalized spacial score (nSPS) is 16.1. The molecule has 2 rings (SSSR count). The van der Waals surface area contributed by atoms with E-state index in [1.807, 2.05) is 0 Å². The molecule has 0 saturated carbocycles. The monoisotopic (exact) mass is 264 g/mol. The Morgan fingerprint density at radius 3 is 2.89 bits per heavy atom. The molecule has 1 aromatic rings. The van der Waals surface area contributed by atoms with Crippen LogP contribution in [0.25, 0.3) is 0 Å². The van der Waals surface area contributed by atoms with Crippen LogP contribution in [0, 0.1) is 5.92 Å². The molecule has 1 aromatic heterocycles. The van der Waals surface area contributed by atoms with Gasteiger partial charge in [-0.15, -0.1) is 0 Å². The van der Waals surface area contributed by atoms with Gasteiger partial charge in [0.05, 0.1) is 6.61 Å². The highest BCUT2D eigenvalue weighted by Gasteiger charge is 2.15. The number of hydrogen-bond donors (Lipinski definition) is 0. The van der Waals surface area contributed by atoms with Gasteiger partial charge in [-0.25, -0.2) is 4.98 Å². The van der Waals surface area contributed by atoms with Crippen LogP contribution in [0.2, 0.25) is 0 Å². The molecule has 0 spiro atoms. The fourth-order valence-corrected chi connectivity index (χ4v) is 2.00. The van der Waals surface area contributed by atoms with E-state index >= 15 is 0 Å². The zero-order valence-corrected chi connectivity index (χ0v) is 11.5. The number of amides is 1. The van der Waals surface area contributed by atoms with Crippen LogP contribution >= 0.6 is 0 Å². The van der Waals surface area contributed by atoms with E-state index in [9.17, 15) is 4.79 Å². The first-order chi connectivity index (χ1) is 9.16. The fraction of sp³-hybridized carbons (Fsp3) is 0.571. The maximum Gasteiger partial charge on any atom is 0.253 e. The molecule has 0 N–H and O–H groups in total. The number of pyridine rings is 1. The second-order valence-electron chi connectivity index (χ2n) is 4.95. The summed E-state index contributed by atoms with van der Waals surface area (Å²) < 4.78 is 11.0. The molecule has 0 bridgehead atoms. The molecule has 1 saturated heterocycles. The third-order valence-electron chi connectivity index (χ3n) is 3.20. The highest BCUT2D eigenvalue weighted by Crippen LogP contribution is 2.17. The van der Waals surface area contributed by atoms with Crippen LogP contribution < -0.4 is 4.74 Å². The second kappa shape index (κ2) is 6.52. The summed E-state index contributed by atoms with van der Waals surface area (Å²) in [5.41, 5.74) is 0.599. The van der Waals surface area contributed by atoms with E-state index in [0.717, 1.165) is 26.1 Å². The van der Waals surface area contributed by atoms with Gasteiger partial charge in [0.15, 0.2) is 0 Å². The summed E-state index contributed by atoms with van der Waals surface area (Å²) >= 11 is 0. The zero-order chi connectivity index (χ0) is 13.7. The van der Waals surface area contributed by atoms with E-state index in [1.165, 1.54) is 4.90 Å². The third-order valence-corrected chi connectivity index (χ3v) is 3.20. The van der Waals surface area contributed by atoms with Crippen molar-refractivity contribution >= 4 is 5.91 Å². The van der Waals surface area contributed by atoms with E-state index in [2.05, 4.69) is 4.98 Å². The molecule has 19 heavy (non-hydrogen) atoms. The third kappa shape index (κ3) is 3.92. The summed E-state index contributed by atoms with van der Waals surface area (Å²) in [6.07, 6.45) is 3.66. The minimum absolute atomic E-state index is 0.0432. The maximum atomic E-state index is 11.8. The fourth-order valence-electron chi connectivity index (χ4n) is 2.00. The van der Waals surface area contributed by atoms with Crippen LogP contribution in [0.1, 0.15) is 23.2 Å². The van der Waals surface area contributed by atoms with Crippen LogP contribution in [-0.2, 0) is 4.74 Å². The summed E-state index contributed by atoms with van der Waals surface area (Å²) in [6.45, 7) is 2.25. The summed E-state index contributed by atoms with van der Waals surface area (Å²) in [5, 5.41) is 0. The van der Waals surface area contributed by atoms with E-state index in [-0.39, 0.29) is 5.91 Å². The lowest BCUT2D eigenvalue weighted by molar-refractivity contribution is 0.0490. The lowest BCUT2D eigenvalue weighted by atomic mass is 10.0. The van der Waals surface area contributed by atoms with Gasteiger partial charge in [-0.2, -0.15) is 0 Å². The van der Waals surface area contributed by atoms with Crippen molar-refractivity contribution in [1.29, 1.82) is 0 Å². The van der Waals surface area contributed by atoms with Gasteiger partial charge in [-0.3, -0.25) is 4.79 Å². The number of carbonyl (C=O) groups is 1. The molecule has 1 fully saturated rings. The first-order valence-electron chi connectivity index (χ1n) is 6.55. The smallest absolute Gasteiger partial charge is 0.253 e. The highest BCUT2D eigenvalue weighted by molar-refractivity contribution is 5.94. The minimum Gasteiger partial charge on any atom is -0.477 e. The molecule has 1 amide bonds. The molecular formula is C14H20N2O3. The lowest BCUT2D eigenvalue weighted by Crippen LogP contribution is -2.23. The zero-order valence-electron chi connectivity index (χ0n) is 11.5. The second-order valence-corrected chi connectivity index (χ2v) is 4.95. The molecule has 0 aliphatic carbocycles. The number of nitrogens with zero attached hydrogens (tertiary/aromatic N) is 2. The van der Waals surface area contributed by atoms with Crippen molar-refractivity contribution in [3.8, 4) is 5.88 Å². The Labute approximate surface area is 113 Å². The van der Waals surface area contributed by atoms with Gasteiger partial charge in [0.25, 0.3) is 5.91 Å². The van der Waals surface area contributed by atoms with Gasteiger partial charge in [-0.05, 0) is 24.8 Å². The van der Waals surface area contributed by atoms with E-state index in [1.54, 1.807) is 32.4 Å². The summed E-state index contributed by atoms with van der Waals surface area (Å²) in [4.78, 5) is 17.5. The summed E-state index contributed by atoms with van der Waals surface area (Å²) in [5.74, 6) is 0.987. The summed E-state index contributed by atoms with van der Waals surface area (Å²) in [7, 11) is 3.45. The van der Waals surface area contributed by atoms with Crippen LogP contribution in [0.5, 0.6) is 5.88 Å². The highest BCUT2D eigenvalue weighted by atomic mass is 16.5. The number of rotatable bonds is 4. The Balaban J connectivity index is 1.93. The molecule has 5 nitrogen and oxygen atoms in total. The molecule has 0 radical (unpaired) electrons. The van der Waals surface area contributed by atoms with E-state index in [0.29, 0.717) is 24.0 Å². The van der Waals surface area contributed by atoms with Crippen molar-refractivity contribution in [1.82, 2.24) is 9.88 Å². The molecule has 5 heteroatoms. The maximum absolute atomic E-state index is 11.8. The quantitative estimate of drug-likeness (QED) is 0.828. The Kier molecular flexibility index (Phi) is 4.74. The molecule has 0 atom stereocenters. The molecule has 104 valence electrons. The molecule has 2 heterocycles. The number of ether oxygens (including phenoxy) is 2. The Bertz CT molecular complexity index is 428. The van der Waals surface area contributed by atoms with Gasteiger partial charge in [-0.1, -0.05) is 0 Å². The van der Waals surface area contributed by atoms with Gasteiger partial charge in [0.2, 0.25) is 5.88 Å². The topological polar surface area (TPSA) is 51.7 Å². The van der Waals surface area contributed by atoms with Crippen molar-refractivity contribution in [3.05, 3.63) is 23.9 Å². The average Bonchev–Trinajstić information content (AvgIpc) is 2.45. The van der Waals surface area contributed by atoms with Crippen molar-refractivity contribution < 1.29 is 14.3 Å².